The predicted molar refractivity (Wildman–Crippen MR) is 80.9 cm³/mol. The molecule has 1 aliphatic carbocycles. The quantitative estimate of drug-likeness (QED) is 0.877. The summed E-state index contributed by atoms with van der Waals surface area (Å²) >= 11 is 0. The molecule has 0 aromatic carbocycles. The van der Waals surface area contributed by atoms with Crippen molar-refractivity contribution in [3.05, 3.63) is 41.7 Å². The zero-order valence-corrected chi connectivity index (χ0v) is 11.7. The lowest BCUT2D eigenvalue weighted by Crippen LogP contribution is -2.47. The first kappa shape index (κ1) is 12.6. The Bertz CT molecular complexity index is 518. The highest BCUT2D eigenvalue weighted by Crippen LogP contribution is 2.36. The number of piperidine rings is 1. The van der Waals surface area contributed by atoms with E-state index < -0.39 is 0 Å². The van der Waals surface area contributed by atoms with Crippen LogP contribution in [-0.4, -0.2) is 17.6 Å². The fourth-order valence-corrected chi connectivity index (χ4v) is 3.68. The molecule has 3 atom stereocenters. The summed E-state index contributed by atoms with van der Waals surface area (Å²) in [7, 11) is 0. The monoisotopic (exact) mass is 254 g/mol. The Morgan fingerprint density at radius 3 is 2.89 bits per heavy atom. The van der Waals surface area contributed by atoms with Gasteiger partial charge in [-0.2, -0.15) is 0 Å². The van der Waals surface area contributed by atoms with Crippen molar-refractivity contribution in [3.63, 3.8) is 0 Å². The molecule has 0 radical (unpaired) electrons. The highest BCUT2D eigenvalue weighted by molar-refractivity contribution is 5.62. The molecule has 1 aromatic rings. The Kier molecular flexibility index (Phi) is 3.28. The minimum atomic E-state index is 0.623. The van der Waals surface area contributed by atoms with E-state index in [9.17, 15) is 0 Å². The van der Waals surface area contributed by atoms with Gasteiger partial charge in [-0.05, 0) is 67.8 Å². The largest absolute Gasteiger partial charge is 0.314 e. The molecule has 2 unspecified atom stereocenters. The normalized spacial score (nSPS) is 29.2. The number of rotatable bonds is 2. The standard InChI is InChI=1S/C17H22N2/c1-4-12-8-14-9-15-11(3)18-7-6-13(15)10-17(14)19-16(12)5-2/h4-5,8,11,13,15,18H,1-2,6-7,9-10H2,3H3/t11-,13?,15?/m1/s1. The summed E-state index contributed by atoms with van der Waals surface area (Å²) in [4.78, 5) is 4.81. The SMILES string of the molecule is C=Cc1cc2c(nc1C=C)CC1CCN[C@H](C)C1C2. The van der Waals surface area contributed by atoms with Gasteiger partial charge in [-0.15, -0.1) is 0 Å². The lowest BCUT2D eigenvalue weighted by atomic mass is 9.71. The molecule has 0 bridgehead atoms. The van der Waals surface area contributed by atoms with Gasteiger partial charge in [0.25, 0.3) is 0 Å². The molecule has 100 valence electrons. The van der Waals surface area contributed by atoms with E-state index in [0.717, 1.165) is 42.5 Å². The van der Waals surface area contributed by atoms with Gasteiger partial charge in [0.15, 0.2) is 0 Å². The van der Waals surface area contributed by atoms with Crippen LogP contribution in [0.4, 0.5) is 0 Å². The smallest absolute Gasteiger partial charge is 0.0699 e. The van der Waals surface area contributed by atoms with E-state index in [1.807, 2.05) is 12.2 Å². The molecule has 1 fully saturated rings. The molecule has 2 nitrogen and oxygen atoms in total. The topological polar surface area (TPSA) is 24.9 Å². The van der Waals surface area contributed by atoms with Gasteiger partial charge >= 0.3 is 0 Å². The Morgan fingerprint density at radius 2 is 2.16 bits per heavy atom. The maximum atomic E-state index is 4.81. The van der Waals surface area contributed by atoms with E-state index in [4.69, 9.17) is 4.98 Å². The number of pyridine rings is 1. The molecule has 3 rings (SSSR count). The molecule has 1 aromatic heterocycles. The van der Waals surface area contributed by atoms with Gasteiger partial charge in [0.2, 0.25) is 0 Å². The second kappa shape index (κ2) is 4.93. The van der Waals surface area contributed by atoms with Crippen LogP contribution in [0.25, 0.3) is 12.2 Å². The number of hydrogen-bond acceptors (Lipinski definition) is 2. The number of nitrogens with zero attached hydrogens (tertiary/aromatic N) is 1. The summed E-state index contributed by atoms with van der Waals surface area (Å²) in [5.74, 6) is 1.55. The van der Waals surface area contributed by atoms with Gasteiger partial charge in [-0.1, -0.05) is 19.2 Å². The number of hydrogen-bond donors (Lipinski definition) is 1. The van der Waals surface area contributed by atoms with Crippen LogP contribution >= 0.6 is 0 Å². The van der Waals surface area contributed by atoms with Crippen molar-refractivity contribution in [1.82, 2.24) is 10.3 Å². The first-order chi connectivity index (χ1) is 9.22. The number of fused-ring (bicyclic) bond motifs is 2. The molecule has 2 aliphatic rings. The average molecular weight is 254 g/mol. The summed E-state index contributed by atoms with van der Waals surface area (Å²) in [5, 5.41) is 3.61. The second-order valence-electron chi connectivity index (χ2n) is 5.84. The van der Waals surface area contributed by atoms with E-state index in [1.165, 1.54) is 17.7 Å². The molecule has 2 heterocycles. The molecule has 0 saturated carbocycles. The zero-order valence-electron chi connectivity index (χ0n) is 11.7. The molecular weight excluding hydrogens is 232 g/mol. The van der Waals surface area contributed by atoms with Crippen molar-refractivity contribution < 1.29 is 0 Å². The fraction of sp³-hybridized carbons (Fsp3) is 0.471. The summed E-state index contributed by atoms with van der Waals surface area (Å²) in [5.41, 5.74) is 4.80. The van der Waals surface area contributed by atoms with Crippen LogP contribution in [-0.2, 0) is 12.8 Å². The third-order valence-corrected chi connectivity index (χ3v) is 4.81. The maximum absolute atomic E-state index is 4.81. The maximum Gasteiger partial charge on any atom is 0.0699 e. The van der Waals surface area contributed by atoms with Crippen molar-refractivity contribution in [2.24, 2.45) is 11.8 Å². The van der Waals surface area contributed by atoms with E-state index >= 15 is 0 Å². The van der Waals surface area contributed by atoms with Crippen LogP contribution < -0.4 is 5.32 Å². The van der Waals surface area contributed by atoms with E-state index in [-0.39, 0.29) is 0 Å². The Balaban J connectivity index is 2.00. The highest BCUT2D eigenvalue weighted by Gasteiger charge is 2.35. The van der Waals surface area contributed by atoms with Crippen molar-refractivity contribution in [2.45, 2.75) is 32.2 Å². The van der Waals surface area contributed by atoms with Crippen LogP contribution in [0.15, 0.2) is 19.2 Å². The number of aromatic nitrogens is 1. The lowest BCUT2D eigenvalue weighted by Gasteiger charge is -2.41. The lowest BCUT2D eigenvalue weighted by molar-refractivity contribution is 0.183. The predicted octanol–water partition coefficient (Wildman–Crippen LogP) is 3.08. The Hall–Kier alpha value is -1.41. The Labute approximate surface area is 115 Å². The molecule has 2 heteroatoms. The average Bonchev–Trinajstić information content (AvgIpc) is 2.44. The third kappa shape index (κ3) is 2.14. The first-order valence-electron chi connectivity index (χ1n) is 7.24. The van der Waals surface area contributed by atoms with Gasteiger partial charge in [0.1, 0.15) is 0 Å². The van der Waals surface area contributed by atoms with Crippen LogP contribution in [0.2, 0.25) is 0 Å². The third-order valence-electron chi connectivity index (χ3n) is 4.81. The highest BCUT2D eigenvalue weighted by atomic mass is 14.9. The fourth-order valence-electron chi connectivity index (χ4n) is 3.68. The second-order valence-corrected chi connectivity index (χ2v) is 5.84. The van der Waals surface area contributed by atoms with E-state index in [0.29, 0.717) is 6.04 Å². The van der Waals surface area contributed by atoms with Crippen molar-refractivity contribution >= 4 is 12.2 Å². The molecular formula is C17H22N2. The Morgan fingerprint density at radius 1 is 1.32 bits per heavy atom. The van der Waals surface area contributed by atoms with Crippen LogP contribution in [0.5, 0.6) is 0 Å². The summed E-state index contributed by atoms with van der Waals surface area (Å²) in [6, 6.07) is 2.89. The van der Waals surface area contributed by atoms with Gasteiger partial charge < -0.3 is 5.32 Å². The van der Waals surface area contributed by atoms with Crippen LogP contribution in [0.3, 0.4) is 0 Å². The van der Waals surface area contributed by atoms with Crippen molar-refractivity contribution in [2.75, 3.05) is 6.54 Å². The molecule has 0 spiro atoms. The summed E-state index contributed by atoms with van der Waals surface area (Å²) in [6.45, 7) is 11.2. The van der Waals surface area contributed by atoms with Crippen molar-refractivity contribution in [3.8, 4) is 0 Å². The molecule has 1 aliphatic heterocycles. The van der Waals surface area contributed by atoms with E-state index in [2.05, 4.69) is 31.5 Å². The van der Waals surface area contributed by atoms with Gasteiger partial charge in [0.05, 0.1) is 5.69 Å². The summed E-state index contributed by atoms with van der Waals surface area (Å²) in [6.07, 6.45) is 7.29. The molecule has 0 amide bonds. The van der Waals surface area contributed by atoms with Gasteiger partial charge in [-0.25, -0.2) is 0 Å². The molecule has 1 saturated heterocycles. The molecule has 19 heavy (non-hydrogen) atoms. The minimum Gasteiger partial charge on any atom is -0.314 e. The zero-order chi connectivity index (χ0) is 13.4. The van der Waals surface area contributed by atoms with Gasteiger partial charge in [-0.3, -0.25) is 4.98 Å². The van der Waals surface area contributed by atoms with Crippen LogP contribution in [0, 0.1) is 11.8 Å². The van der Waals surface area contributed by atoms with E-state index in [1.54, 1.807) is 0 Å². The number of nitrogens with one attached hydrogen (secondary N) is 1. The molecule has 1 N–H and O–H groups in total. The van der Waals surface area contributed by atoms with Crippen LogP contribution in [0.1, 0.15) is 35.9 Å². The summed E-state index contributed by atoms with van der Waals surface area (Å²) < 4.78 is 0. The minimum absolute atomic E-state index is 0.623. The van der Waals surface area contributed by atoms with Crippen molar-refractivity contribution in [1.29, 1.82) is 0 Å². The first-order valence-corrected chi connectivity index (χ1v) is 7.24. The van der Waals surface area contributed by atoms with Gasteiger partial charge in [0, 0.05) is 11.7 Å².